The molecule has 0 radical (unpaired) electrons. The maximum absolute atomic E-state index is 9.55. The van der Waals surface area contributed by atoms with E-state index in [4.69, 9.17) is 10.5 Å². The van der Waals surface area contributed by atoms with Crippen LogP contribution in [0, 0.1) is 11.3 Å². The molecule has 2 N–H and O–H groups in total. The molecule has 4 nitrogen and oxygen atoms in total. The zero-order chi connectivity index (χ0) is 15.8. The summed E-state index contributed by atoms with van der Waals surface area (Å²) in [4.78, 5) is 4.05. The van der Waals surface area contributed by atoms with E-state index in [1.54, 1.807) is 12.4 Å². The summed E-state index contributed by atoms with van der Waals surface area (Å²) in [5.74, 6) is 0.621. The lowest BCUT2D eigenvalue weighted by atomic mass is 9.83. The van der Waals surface area contributed by atoms with Crippen LogP contribution in [0.5, 0.6) is 5.75 Å². The molecule has 2 aromatic carbocycles. The van der Waals surface area contributed by atoms with Gasteiger partial charge in [-0.15, -0.1) is 0 Å². The predicted molar refractivity (Wildman–Crippen MR) is 87.5 cm³/mol. The fourth-order valence-electron chi connectivity index (χ4n) is 3.04. The molecule has 2 heterocycles. The highest BCUT2D eigenvalue weighted by Gasteiger charge is 2.30. The fraction of sp³-hybridized carbons (Fsp3) is 0.0526. The Balaban J connectivity index is 2.00. The molecular weight excluding hydrogens is 286 g/mol. The number of aromatic nitrogens is 1. The number of hydrogen-bond donors (Lipinski definition) is 1. The molecule has 1 aliphatic rings. The predicted octanol–water partition coefficient (Wildman–Crippen LogP) is 3.45. The molecular formula is C19H13N3O. The molecule has 0 bridgehead atoms. The summed E-state index contributed by atoms with van der Waals surface area (Å²) in [5, 5.41) is 11.7. The van der Waals surface area contributed by atoms with Crippen LogP contribution < -0.4 is 10.5 Å². The summed E-state index contributed by atoms with van der Waals surface area (Å²) >= 11 is 0. The van der Waals surface area contributed by atoms with Crippen molar-refractivity contribution in [2.24, 2.45) is 5.73 Å². The number of pyridine rings is 1. The van der Waals surface area contributed by atoms with E-state index in [-0.39, 0.29) is 11.8 Å². The topological polar surface area (TPSA) is 71.9 Å². The lowest BCUT2D eigenvalue weighted by Gasteiger charge is -2.26. The van der Waals surface area contributed by atoms with Crippen LogP contribution in [0.25, 0.3) is 10.8 Å². The first kappa shape index (κ1) is 13.4. The quantitative estimate of drug-likeness (QED) is 0.747. The molecule has 0 saturated heterocycles. The zero-order valence-electron chi connectivity index (χ0n) is 12.2. The van der Waals surface area contributed by atoms with Crippen LogP contribution in [0.2, 0.25) is 0 Å². The van der Waals surface area contributed by atoms with Crippen molar-refractivity contribution in [1.29, 1.82) is 5.26 Å². The van der Waals surface area contributed by atoms with Gasteiger partial charge in [0.2, 0.25) is 5.88 Å². The number of nitriles is 1. The molecule has 0 aliphatic carbocycles. The van der Waals surface area contributed by atoms with E-state index >= 15 is 0 Å². The summed E-state index contributed by atoms with van der Waals surface area (Å²) in [6, 6.07) is 18.1. The van der Waals surface area contributed by atoms with Gasteiger partial charge >= 0.3 is 0 Å². The van der Waals surface area contributed by atoms with Crippen molar-refractivity contribution < 1.29 is 4.74 Å². The second-order valence-corrected chi connectivity index (χ2v) is 5.44. The van der Waals surface area contributed by atoms with E-state index in [0.717, 1.165) is 21.9 Å². The number of hydrogen-bond acceptors (Lipinski definition) is 4. The lowest BCUT2D eigenvalue weighted by Crippen LogP contribution is -2.21. The maximum Gasteiger partial charge on any atom is 0.205 e. The third-order valence-electron chi connectivity index (χ3n) is 4.12. The molecule has 3 aromatic rings. The van der Waals surface area contributed by atoms with Crippen molar-refractivity contribution in [3.05, 3.63) is 83.5 Å². The monoisotopic (exact) mass is 299 g/mol. The Hall–Kier alpha value is -3.32. The van der Waals surface area contributed by atoms with Crippen LogP contribution >= 0.6 is 0 Å². The first-order valence-corrected chi connectivity index (χ1v) is 7.28. The third kappa shape index (κ3) is 2.11. The number of nitrogens with zero attached hydrogens (tertiary/aromatic N) is 2. The minimum atomic E-state index is -0.239. The summed E-state index contributed by atoms with van der Waals surface area (Å²) in [5.41, 5.74) is 8.34. The van der Waals surface area contributed by atoms with E-state index in [2.05, 4.69) is 17.1 Å². The normalized spacial score (nSPS) is 16.6. The SMILES string of the molecule is N#CC1=C(N)Oc2cc3ccccc3cc2[C@@H]1c1ccncc1. The highest BCUT2D eigenvalue weighted by atomic mass is 16.5. The van der Waals surface area contributed by atoms with Crippen LogP contribution in [0.1, 0.15) is 17.0 Å². The average molecular weight is 299 g/mol. The summed E-state index contributed by atoms with van der Waals surface area (Å²) in [6.45, 7) is 0. The molecule has 0 unspecified atom stereocenters. The average Bonchev–Trinajstić information content (AvgIpc) is 2.59. The number of nitrogens with two attached hydrogens (primary N) is 1. The largest absolute Gasteiger partial charge is 0.440 e. The minimum Gasteiger partial charge on any atom is -0.440 e. The van der Waals surface area contributed by atoms with Crippen LogP contribution in [0.15, 0.2) is 72.4 Å². The molecule has 1 aliphatic heterocycles. The lowest BCUT2D eigenvalue weighted by molar-refractivity contribution is 0.394. The van der Waals surface area contributed by atoms with Gasteiger partial charge in [-0.25, -0.2) is 0 Å². The van der Waals surface area contributed by atoms with Crippen molar-refractivity contribution >= 4 is 10.8 Å². The molecule has 110 valence electrons. The van der Waals surface area contributed by atoms with Gasteiger partial charge in [0.05, 0.1) is 5.92 Å². The van der Waals surface area contributed by atoms with Crippen molar-refractivity contribution in [2.45, 2.75) is 5.92 Å². The second-order valence-electron chi connectivity index (χ2n) is 5.44. The highest BCUT2D eigenvalue weighted by Crippen LogP contribution is 2.43. The van der Waals surface area contributed by atoms with Crippen LogP contribution in [0.4, 0.5) is 0 Å². The standard InChI is InChI=1S/C19H13N3O/c20-11-16-18(12-5-7-22-8-6-12)15-9-13-3-1-2-4-14(13)10-17(15)23-19(16)21/h1-10,18H,21H2/t18-/m0/s1. The summed E-state index contributed by atoms with van der Waals surface area (Å²) in [6.07, 6.45) is 3.44. The van der Waals surface area contributed by atoms with E-state index in [9.17, 15) is 5.26 Å². The van der Waals surface area contributed by atoms with Gasteiger partial charge < -0.3 is 10.5 Å². The molecule has 0 saturated carbocycles. The Kier molecular flexibility index (Phi) is 2.99. The van der Waals surface area contributed by atoms with Crippen molar-refractivity contribution in [3.8, 4) is 11.8 Å². The summed E-state index contributed by atoms with van der Waals surface area (Å²) < 4.78 is 5.71. The molecule has 4 heteroatoms. The van der Waals surface area contributed by atoms with E-state index in [1.165, 1.54) is 0 Å². The van der Waals surface area contributed by atoms with Crippen molar-refractivity contribution in [1.82, 2.24) is 4.98 Å². The van der Waals surface area contributed by atoms with Gasteiger partial charge in [-0.3, -0.25) is 4.98 Å². The first-order chi connectivity index (χ1) is 11.3. The molecule has 1 aromatic heterocycles. The molecule has 0 fully saturated rings. The van der Waals surface area contributed by atoms with Gasteiger partial charge in [0.25, 0.3) is 0 Å². The highest BCUT2D eigenvalue weighted by molar-refractivity contribution is 5.86. The van der Waals surface area contributed by atoms with Gasteiger partial charge in [0, 0.05) is 18.0 Å². The summed E-state index contributed by atoms with van der Waals surface area (Å²) in [7, 11) is 0. The van der Waals surface area contributed by atoms with E-state index in [1.807, 2.05) is 42.5 Å². The van der Waals surface area contributed by atoms with Crippen LogP contribution in [-0.2, 0) is 0 Å². The Morgan fingerprint density at radius 2 is 1.74 bits per heavy atom. The number of ether oxygens (including phenoxy) is 1. The fourth-order valence-corrected chi connectivity index (χ4v) is 3.04. The zero-order valence-corrected chi connectivity index (χ0v) is 12.2. The van der Waals surface area contributed by atoms with Crippen molar-refractivity contribution in [3.63, 3.8) is 0 Å². The van der Waals surface area contributed by atoms with Gasteiger partial charge in [-0.1, -0.05) is 24.3 Å². The van der Waals surface area contributed by atoms with Gasteiger partial charge in [-0.2, -0.15) is 5.26 Å². The molecule has 4 rings (SSSR count). The number of allylic oxidation sites excluding steroid dienone is 1. The van der Waals surface area contributed by atoms with Gasteiger partial charge in [-0.05, 0) is 40.6 Å². The number of benzene rings is 2. The Morgan fingerprint density at radius 1 is 1.04 bits per heavy atom. The maximum atomic E-state index is 9.55. The number of fused-ring (bicyclic) bond motifs is 2. The van der Waals surface area contributed by atoms with Crippen LogP contribution in [-0.4, -0.2) is 4.98 Å². The van der Waals surface area contributed by atoms with E-state index in [0.29, 0.717) is 11.3 Å². The Morgan fingerprint density at radius 3 is 2.43 bits per heavy atom. The van der Waals surface area contributed by atoms with Crippen molar-refractivity contribution in [2.75, 3.05) is 0 Å². The van der Waals surface area contributed by atoms with Crippen LogP contribution in [0.3, 0.4) is 0 Å². The number of rotatable bonds is 1. The van der Waals surface area contributed by atoms with E-state index < -0.39 is 0 Å². The minimum absolute atomic E-state index is 0.164. The van der Waals surface area contributed by atoms with Gasteiger partial charge in [0.1, 0.15) is 17.4 Å². The van der Waals surface area contributed by atoms with Gasteiger partial charge in [0.15, 0.2) is 0 Å². The molecule has 23 heavy (non-hydrogen) atoms. The smallest absolute Gasteiger partial charge is 0.205 e. The second kappa shape index (κ2) is 5.15. The molecule has 1 atom stereocenters. The Bertz CT molecular complexity index is 971. The molecule has 0 amide bonds. The first-order valence-electron chi connectivity index (χ1n) is 7.28. The third-order valence-corrected chi connectivity index (χ3v) is 4.12. The molecule has 0 spiro atoms. The Labute approximate surface area is 133 Å².